The second-order valence-corrected chi connectivity index (χ2v) is 5.49. The van der Waals surface area contributed by atoms with Gasteiger partial charge in [0.25, 0.3) is 5.91 Å². The van der Waals surface area contributed by atoms with Crippen molar-refractivity contribution < 1.29 is 4.79 Å². The number of anilines is 1. The van der Waals surface area contributed by atoms with Crippen LogP contribution in [0.2, 0.25) is 0 Å². The Labute approximate surface area is 126 Å². The molecular weight excluding hydrogens is 318 g/mol. The minimum Gasteiger partial charge on any atom is -0.321 e. The van der Waals surface area contributed by atoms with Gasteiger partial charge < -0.3 is 5.32 Å². The number of halogens is 1. The van der Waals surface area contributed by atoms with Gasteiger partial charge in [-0.05, 0) is 60.0 Å². The van der Waals surface area contributed by atoms with Crippen LogP contribution in [0.15, 0.2) is 28.7 Å². The van der Waals surface area contributed by atoms with Crippen molar-refractivity contribution in [1.29, 1.82) is 0 Å². The number of benzene rings is 1. The fraction of sp³-hybridized carbons (Fsp3) is 0.267. The zero-order chi connectivity index (χ0) is 14.7. The Morgan fingerprint density at radius 2 is 2.00 bits per heavy atom. The highest BCUT2D eigenvalue weighted by molar-refractivity contribution is 9.10. The molecule has 1 aromatic carbocycles. The lowest BCUT2D eigenvalue weighted by molar-refractivity contribution is 0.102. The summed E-state index contributed by atoms with van der Waals surface area (Å²) in [6.07, 6.45) is 0.672. The van der Waals surface area contributed by atoms with Crippen LogP contribution in [0.5, 0.6) is 0 Å². The van der Waals surface area contributed by atoms with Gasteiger partial charge in [0.2, 0.25) is 0 Å². The monoisotopic (exact) mass is 333 g/mol. The van der Waals surface area contributed by atoms with E-state index in [4.69, 9.17) is 0 Å². The molecule has 5 heteroatoms. The van der Waals surface area contributed by atoms with Gasteiger partial charge >= 0.3 is 0 Å². The molecule has 0 aliphatic heterocycles. The average molecular weight is 334 g/mol. The highest BCUT2D eigenvalue weighted by Crippen LogP contribution is 2.24. The molecule has 0 saturated heterocycles. The molecule has 0 atom stereocenters. The molecule has 0 saturated carbocycles. The Kier molecular flexibility index (Phi) is 4.49. The molecule has 0 radical (unpaired) electrons. The predicted octanol–water partition coefficient (Wildman–Crippen LogP) is 3.67. The third-order valence-corrected chi connectivity index (χ3v) is 3.60. The first-order valence-electron chi connectivity index (χ1n) is 6.42. The number of hydrogen-bond acceptors (Lipinski definition) is 3. The summed E-state index contributed by atoms with van der Waals surface area (Å²) < 4.78 is 0.864. The highest BCUT2D eigenvalue weighted by Gasteiger charge is 2.14. The topological polar surface area (TPSA) is 54.9 Å². The van der Waals surface area contributed by atoms with E-state index in [0.717, 1.165) is 21.4 Å². The van der Waals surface area contributed by atoms with E-state index in [1.807, 2.05) is 39.0 Å². The summed E-state index contributed by atoms with van der Waals surface area (Å²) in [7, 11) is 0. The van der Waals surface area contributed by atoms with Crippen LogP contribution in [0.3, 0.4) is 0 Å². The van der Waals surface area contributed by atoms with Crippen molar-refractivity contribution in [2.75, 3.05) is 5.32 Å². The molecule has 2 aromatic rings. The summed E-state index contributed by atoms with van der Waals surface area (Å²) in [6.45, 7) is 5.78. The van der Waals surface area contributed by atoms with Crippen LogP contribution in [0.1, 0.15) is 34.2 Å². The zero-order valence-corrected chi connectivity index (χ0v) is 13.3. The van der Waals surface area contributed by atoms with E-state index >= 15 is 0 Å². The number of aromatic nitrogens is 2. The number of carbonyl (C=O) groups excluding carboxylic acids is 1. The van der Waals surface area contributed by atoms with E-state index in [2.05, 4.69) is 31.4 Å². The molecule has 0 bridgehead atoms. The van der Waals surface area contributed by atoms with Gasteiger partial charge in [0.1, 0.15) is 0 Å². The quantitative estimate of drug-likeness (QED) is 0.932. The highest BCUT2D eigenvalue weighted by atomic mass is 79.9. The van der Waals surface area contributed by atoms with Gasteiger partial charge in [-0.15, -0.1) is 0 Å². The Morgan fingerprint density at radius 3 is 2.65 bits per heavy atom. The largest absolute Gasteiger partial charge is 0.321 e. The molecule has 20 heavy (non-hydrogen) atoms. The summed E-state index contributed by atoms with van der Waals surface area (Å²) >= 11 is 3.46. The van der Waals surface area contributed by atoms with Crippen molar-refractivity contribution in [3.8, 4) is 0 Å². The van der Waals surface area contributed by atoms with E-state index in [0.29, 0.717) is 17.7 Å². The zero-order valence-electron chi connectivity index (χ0n) is 11.7. The lowest BCUT2D eigenvalue weighted by Crippen LogP contribution is -2.16. The maximum atomic E-state index is 12.4. The second-order valence-electron chi connectivity index (χ2n) is 4.64. The number of amides is 1. The van der Waals surface area contributed by atoms with E-state index in [-0.39, 0.29) is 5.91 Å². The van der Waals surface area contributed by atoms with E-state index < -0.39 is 0 Å². The third-order valence-electron chi connectivity index (χ3n) is 2.94. The molecule has 0 aliphatic rings. The number of nitrogens with one attached hydrogen (secondary N) is 1. The van der Waals surface area contributed by atoms with Crippen molar-refractivity contribution >= 4 is 27.5 Å². The average Bonchev–Trinajstić information content (AvgIpc) is 2.41. The van der Waals surface area contributed by atoms with Gasteiger partial charge in [-0.1, -0.05) is 13.0 Å². The number of hydrogen-bond donors (Lipinski definition) is 1. The van der Waals surface area contributed by atoms with Gasteiger partial charge in [0.15, 0.2) is 0 Å². The molecule has 1 amide bonds. The summed E-state index contributed by atoms with van der Waals surface area (Å²) in [6, 6.07) is 7.57. The smallest absolute Gasteiger partial charge is 0.257 e. The van der Waals surface area contributed by atoms with Crippen LogP contribution in [0.25, 0.3) is 0 Å². The molecule has 104 valence electrons. The third kappa shape index (κ3) is 3.22. The lowest BCUT2D eigenvalue weighted by atomic mass is 10.1. The number of carbonyl (C=O) groups is 1. The summed E-state index contributed by atoms with van der Waals surface area (Å²) in [5, 5.41) is 11.0. The summed E-state index contributed by atoms with van der Waals surface area (Å²) in [4.78, 5) is 12.4. The maximum Gasteiger partial charge on any atom is 0.257 e. The van der Waals surface area contributed by atoms with Gasteiger partial charge in [0, 0.05) is 4.47 Å². The first kappa shape index (κ1) is 14.7. The minimum absolute atomic E-state index is 0.163. The molecule has 2 rings (SSSR count). The van der Waals surface area contributed by atoms with Crippen molar-refractivity contribution in [3.63, 3.8) is 0 Å². The summed E-state index contributed by atoms with van der Waals surface area (Å²) in [5.74, 6) is -0.163. The van der Waals surface area contributed by atoms with Crippen molar-refractivity contribution in [1.82, 2.24) is 10.2 Å². The van der Waals surface area contributed by atoms with Crippen LogP contribution in [-0.4, -0.2) is 16.1 Å². The molecule has 4 nitrogen and oxygen atoms in total. The molecule has 1 N–H and O–H groups in total. The lowest BCUT2D eigenvalue weighted by Gasteiger charge is -2.10. The second kappa shape index (κ2) is 6.13. The van der Waals surface area contributed by atoms with Gasteiger partial charge in [0.05, 0.1) is 22.6 Å². The number of aryl methyl sites for hydroxylation is 3. The maximum absolute atomic E-state index is 12.4. The van der Waals surface area contributed by atoms with E-state index in [1.165, 1.54) is 0 Å². The molecule has 0 spiro atoms. The number of rotatable bonds is 3. The van der Waals surface area contributed by atoms with Crippen molar-refractivity contribution in [2.24, 2.45) is 0 Å². The SMILES string of the molecule is CCc1nnc(C)cc1C(=O)Nc1ccc(C)cc1Br. The van der Waals surface area contributed by atoms with Crippen LogP contribution >= 0.6 is 15.9 Å². The molecule has 1 aromatic heterocycles. The van der Waals surface area contributed by atoms with Crippen LogP contribution in [0.4, 0.5) is 5.69 Å². The van der Waals surface area contributed by atoms with Crippen LogP contribution < -0.4 is 5.32 Å². The first-order chi connectivity index (χ1) is 9.51. The Bertz CT molecular complexity index is 656. The van der Waals surface area contributed by atoms with Crippen LogP contribution in [-0.2, 0) is 6.42 Å². The van der Waals surface area contributed by atoms with Gasteiger partial charge in [-0.25, -0.2) is 0 Å². The van der Waals surface area contributed by atoms with E-state index in [9.17, 15) is 4.79 Å². The first-order valence-corrected chi connectivity index (χ1v) is 7.21. The number of nitrogens with zero attached hydrogens (tertiary/aromatic N) is 2. The van der Waals surface area contributed by atoms with Crippen molar-refractivity contribution in [2.45, 2.75) is 27.2 Å². The summed E-state index contributed by atoms with van der Waals surface area (Å²) in [5.41, 5.74) is 3.89. The Morgan fingerprint density at radius 1 is 1.25 bits per heavy atom. The predicted molar refractivity (Wildman–Crippen MR) is 83.0 cm³/mol. The van der Waals surface area contributed by atoms with Crippen LogP contribution in [0, 0.1) is 13.8 Å². The molecule has 1 heterocycles. The molecule has 0 unspecified atom stereocenters. The molecular formula is C15H16BrN3O. The van der Waals surface area contributed by atoms with E-state index in [1.54, 1.807) is 6.07 Å². The standard InChI is InChI=1S/C15H16BrN3O/c1-4-13-11(8-10(3)18-19-13)15(20)17-14-6-5-9(2)7-12(14)16/h5-8H,4H2,1-3H3,(H,17,20). The fourth-order valence-electron chi connectivity index (χ4n) is 1.88. The van der Waals surface area contributed by atoms with Gasteiger partial charge in [-0.2, -0.15) is 10.2 Å². The molecule has 0 fully saturated rings. The fourth-order valence-corrected chi connectivity index (χ4v) is 2.48. The minimum atomic E-state index is -0.163. The van der Waals surface area contributed by atoms with Crippen molar-refractivity contribution in [3.05, 3.63) is 51.3 Å². The normalized spacial score (nSPS) is 10.4. The Hall–Kier alpha value is -1.75. The van der Waals surface area contributed by atoms with Gasteiger partial charge in [-0.3, -0.25) is 4.79 Å². The molecule has 0 aliphatic carbocycles. The Balaban J connectivity index is 2.30.